The van der Waals surface area contributed by atoms with Gasteiger partial charge < -0.3 is 4.90 Å². The average molecular weight is 850 g/mol. The first-order chi connectivity index (χ1) is 31.7. The molecule has 13 rings (SSSR count). The van der Waals surface area contributed by atoms with Crippen LogP contribution in [0.1, 0.15) is 22.3 Å². The fourth-order valence-corrected chi connectivity index (χ4v) is 12.6. The highest BCUT2D eigenvalue weighted by molar-refractivity contribution is 7.26. The number of thiophene rings is 2. The Balaban J connectivity index is 1.06. The first-order valence-electron chi connectivity index (χ1n) is 21.9. The number of para-hydroxylation sites is 1. The molecule has 2 aromatic heterocycles. The molecule has 2 heterocycles. The van der Waals surface area contributed by atoms with Crippen LogP contribution in [0.5, 0.6) is 0 Å². The minimum Gasteiger partial charge on any atom is -0.310 e. The van der Waals surface area contributed by atoms with Crippen molar-refractivity contribution >= 4 is 80.1 Å². The van der Waals surface area contributed by atoms with Crippen LogP contribution in [-0.2, 0) is 5.41 Å². The quantitative estimate of drug-likeness (QED) is 0.154. The van der Waals surface area contributed by atoms with Gasteiger partial charge in [-0.1, -0.05) is 164 Å². The Morgan fingerprint density at radius 2 is 0.781 bits per heavy atom. The van der Waals surface area contributed by atoms with Crippen molar-refractivity contribution in [2.75, 3.05) is 4.90 Å². The topological polar surface area (TPSA) is 3.24 Å². The Kier molecular flexibility index (Phi) is 8.55. The molecular weight excluding hydrogens is 811 g/mol. The van der Waals surface area contributed by atoms with Gasteiger partial charge >= 0.3 is 0 Å². The molecule has 1 unspecified atom stereocenters. The van der Waals surface area contributed by atoms with E-state index >= 15 is 0 Å². The Labute approximate surface area is 380 Å². The molecule has 0 amide bonds. The molecule has 12 aromatic rings. The largest absolute Gasteiger partial charge is 0.310 e. The molecule has 0 radical (unpaired) electrons. The summed E-state index contributed by atoms with van der Waals surface area (Å²) in [7, 11) is 0. The number of anilines is 3. The number of rotatable bonds is 7. The molecule has 0 N–H and O–H groups in total. The second kappa shape index (κ2) is 14.8. The maximum Gasteiger partial charge on any atom is 0.0714 e. The van der Waals surface area contributed by atoms with Crippen LogP contribution in [0.25, 0.3) is 73.7 Å². The summed E-state index contributed by atoms with van der Waals surface area (Å²) in [5.74, 6) is 0. The molecule has 1 nitrogen and oxygen atoms in total. The summed E-state index contributed by atoms with van der Waals surface area (Å²) in [6, 6.07) is 88.1. The maximum atomic E-state index is 2.49. The van der Waals surface area contributed by atoms with E-state index in [4.69, 9.17) is 0 Å². The molecule has 0 saturated carbocycles. The molecule has 1 aliphatic rings. The summed E-state index contributed by atoms with van der Waals surface area (Å²) in [4.78, 5) is 2.44. The van der Waals surface area contributed by atoms with Gasteiger partial charge in [-0.2, -0.15) is 0 Å². The monoisotopic (exact) mass is 849 g/mol. The highest BCUT2D eigenvalue weighted by atomic mass is 32.1. The minimum absolute atomic E-state index is 0.598. The van der Waals surface area contributed by atoms with Crippen molar-refractivity contribution in [3.63, 3.8) is 0 Å². The van der Waals surface area contributed by atoms with E-state index < -0.39 is 5.41 Å². The number of nitrogens with zero attached hydrogens (tertiary/aromatic N) is 1. The minimum atomic E-state index is -0.598. The zero-order valence-electron chi connectivity index (χ0n) is 34.8. The van der Waals surface area contributed by atoms with Crippen LogP contribution in [0.3, 0.4) is 0 Å². The molecule has 0 spiro atoms. The smallest absolute Gasteiger partial charge is 0.0714 e. The van der Waals surface area contributed by atoms with Gasteiger partial charge in [0, 0.05) is 57.4 Å². The van der Waals surface area contributed by atoms with Crippen molar-refractivity contribution < 1.29 is 0 Å². The summed E-state index contributed by atoms with van der Waals surface area (Å²) in [5.41, 5.74) is 15.2. The van der Waals surface area contributed by atoms with Crippen LogP contribution in [0, 0.1) is 0 Å². The van der Waals surface area contributed by atoms with E-state index in [1.807, 2.05) is 22.7 Å². The van der Waals surface area contributed by atoms with Crippen molar-refractivity contribution in [2.24, 2.45) is 0 Å². The number of hydrogen-bond donors (Lipinski definition) is 0. The predicted octanol–water partition coefficient (Wildman–Crippen LogP) is 17.6. The predicted molar refractivity (Wildman–Crippen MR) is 275 cm³/mol. The van der Waals surface area contributed by atoms with Gasteiger partial charge in [-0.3, -0.25) is 0 Å². The zero-order valence-corrected chi connectivity index (χ0v) is 36.4. The number of fused-ring (bicyclic) bond motifs is 9. The zero-order chi connectivity index (χ0) is 42.2. The summed E-state index contributed by atoms with van der Waals surface area (Å²) < 4.78 is 5.25. The van der Waals surface area contributed by atoms with Gasteiger partial charge in [0.2, 0.25) is 0 Å². The molecule has 64 heavy (non-hydrogen) atoms. The molecule has 3 heteroatoms. The Morgan fingerprint density at radius 1 is 0.281 bits per heavy atom. The van der Waals surface area contributed by atoms with E-state index in [1.54, 1.807) is 0 Å². The SMILES string of the molecule is c1ccc(-c2ccc(C3(c4ccccc4)c4ccc(-c5ccc6sc7ccccc7c6c5)cc4-c4ccc(N(c5ccccc5)c5ccc6sc7ccccc7c6c5)cc43)cc2)cc1. The van der Waals surface area contributed by atoms with Crippen LogP contribution in [0.4, 0.5) is 17.1 Å². The second-order valence-electron chi connectivity index (χ2n) is 16.8. The second-order valence-corrected chi connectivity index (χ2v) is 19.0. The van der Waals surface area contributed by atoms with E-state index in [2.05, 4.69) is 241 Å². The highest BCUT2D eigenvalue weighted by Crippen LogP contribution is 2.58. The summed E-state index contributed by atoms with van der Waals surface area (Å²) in [5, 5.41) is 5.21. The third kappa shape index (κ3) is 5.75. The molecule has 300 valence electrons. The van der Waals surface area contributed by atoms with Crippen molar-refractivity contribution in [1.82, 2.24) is 0 Å². The van der Waals surface area contributed by atoms with E-state index in [-0.39, 0.29) is 0 Å². The Bertz CT molecular complexity index is 3720. The van der Waals surface area contributed by atoms with Gasteiger partial charge in [0.15, 0.2) is 0 Å². The molecule has 1 aliphatic carbocycles. The molecular formula is C61H39NS2. The van der Waals surface area contributed by atoms with Crippen molar-refractivity contribution in [3.05, 3.63) is 259 Å². The normalized spacial score (nSPS) is 14.3. The molecule has 10 aromatic carbocycles. The van der Waals surface area contributed by atoms with Crippen LogP contribution in [-0.4, -0.2) is 0 Å². The first-order valence-corrected chi connectivity index (χ1v) is 23.5. The lowest BCUT2D eigenvalue weighted by Gasteiger charge is -2.35. The molecule has 0 aliphatic heterocycles. The van der Waals surface area contributed by atoms with Gasteiger partial charge in [-0.05, 0) is 128 Å². The van der Waals surface area contributed by atoms with Gasteiger partial charge in [0.05, 0.1) is 5.41 Å². The van der Waals surface area contributed by atoms with Crippen LogP contribution < -0.4 is 4.90 Å². The average Bonchev–Trinajstić information content (AvgIpc) is 4.02. The lowest BCUT2D eigenvalue weighted by atomic mass is 9.67. The molecule has 1 atom stereocenters. The standard InChI is InChI=1S/C61H39NS2/c1-4-14-40(15-5-1)41-24-28-45(29-25-41)61(44-16-6-2-7-17-44)55-33-26-42(43-27-34-59-53(37-43)50-20-10-12-22-57(50)63-59)36-52(55)49-32-30-48(39-56(49)61)62(46-18-8-3-9-19-46)47-31-35-60-54(38-47)51-21-11-13-23-58(51)64-60/h1-39H. The van der Waals surface area contributed by atoms with Gasteiger partial charge in [0.1, 0.15) is 0 Å². The third-order valence-electron chi connectivity index (χ3n) is 13.4. The number of hydrogen-bond acceptors (Lipinski definition) is 3. The number of benzene rings is 10. The fourth-order valence-electron chi connectivity index (χ4n) is 10.4. The molecule has 0 bridgehead atoms. The first kappa shape index (κ1) is 37.0. The Hall–Kier alpha value is -7.56. The summed E-state index contributed by atoms with van der Waals surface area (Å²) >= 11 is 3.73. The Morgan fingerprint density at radius 3 is 1.50 bits per heavy atom. The van der Waals surface area contributed by atoms with Crippen molar-refractivity contribution in [1.29, 1.82) is 0 Å². The fraction of sp³-hybridized carbons (Fsp3) is 0.0164. The van der Waals surface area contributed by atoms with Crippen molar-refractivity contribution in [3.8, 4) is 33.4 Å². The summed E-state index contributed by atoms with van der Waals surface area (Å²) in [6.45, 7) is 0. The third-order valence-corrected chi connectivity index (χ3v) is 15.7. The summed E-state index contributed by atoms with van der Waals surface area (Å²) in [6.07, 6.45) is 0. The van der Waals surface area contributed by atoms with E-state index in [0.717, 1.165) is 17.1 Å². The molecule has 0 saturated heterocycles. The lowest BCUT2D eigenvalue weighted by molar-refractivity contribution is 0.768. The van der Waals surface area contributed by atoms with Crippen molar-refractivity contribution in [2.45, 2.75) is 5.41 Å². The highest BCUT2D eigenvalue weighted by Gasteiger charge is 2.46. The van der Waals surface area contributed by atoms with E-state index in [1.165, 1.54) is 96.0 Å². The van der Waals surface area contributed by atoms with Crippen LogP contribution >= 0.6 is 22.7 Å². The maximum absolute atomic E-state index is 2.49. The van der Waals surface area contributed by atoms with Gasteiger partial charge in [0.25, 0.3) is 0 Å². The van der Waals surface area contributed by atoms with Crippen LogP contribution in [0.15, 0.2) is 237 Å². The van der Waals surface area contributed by atoms with Gasteiger partial charge in [-0.25, -0.2) is 0 Å². The lowest BCUT2D eigenvalue weighted by Crippen LogP contribution is -2.28. The van der Waals surface area contributed by atoms with E-state index in [9.17, 15) is 0 Å². The van der Waals surface area contributed by atoms with E-state index in [0.29, 0.717) is 0 Å². The van der Waals surface area contributed by atoms with Gasteiger partial charge in [-0.15, -0.1) is 22.7 Å². The molecule has 0 fully saturated rings. The van der Waals surface area contributed by atoms with Crippen LogP contribution in [0.2, 0.25) is 0 Å².